The first-order chi connectivity index (χ1) is 10.1. The van der Waals surface area contributed by atoms with Crippen molar-refractivity contribution >= 4 is 10.8 Å². The molecule has 5 heteroatoms. The molecule has 0 aliphatic heterocycles. The minimum atomic E-state index is -2.82. The van der Waals surface area contributed by atoms with Gasteiger partial charge in [0.05, 0.1) is 0 Å². The number of benzene rings is 2. The molecule has 0 aliphatic rings. The normalized spacial score (nSPS) is 12.3. The van der Waals surface area contributed by atoms with Crippen LogP contribution < -0.4 is 4.74 Å². The molecule has 0 aromatic heterocycles. The predicted molar refractivity (Wildman–Crippen MR) is 79.9 cm³/mol. The second-order valence-corrected chi connectivity index (χ2v) is 6.12. The average Bonchev–Trinajstić information content (AvgIpc) is 2.48. The lowest BCUT2D eigenvalue weighted by molar-refractivity contribution is -0.0498. The van der Waals surface area contributed by atoms with Gasteiger partial charge in [-0.2, -0.15) is 8.78 Å². The molecule has 21 heavy (non-hydrogen) atoms. The molecule has 0 bridgehead atoms. The summed E-state index contributed by atoms with van der Waals surface area (Å²) in [6.07, 6.45) is 0.764. The SMILES string of the molecule is O=[S@](CCc1ccccc1)Cc1ccc(OC(F)F)cc1. The van der Waals surface area contributed by atoms with Crippen molar-refractivity contribution in [3.8, 4) is 5.75 Å². The number of hydrogen-bond donors (Lipinski definition) is 0. The number of alkyl halides is 2. The molecular formula is C16H16F2O2S. The summed E-state index contributed by atoms with van der Waals surface area (Å²) in [7, 11) is -0.978. The van der Waals surface area contributed by atoms with Crippen molar-refractivity contribution in [1.82, 2.24) is 0 Å². The van der Waals surface area contributed by atoms with Crippen LogP contribution in [0.15, 0.2) is 54.6 Å². The molecule has 2 nitrogen and oxygen atoms in total. The Hall–Kier alpha value is -1.75. The average molecular weight is 310 g/mol. The Morgan fingerprint density at radius 1 is 0.952 bits per heavy atom. The summed E-state index contributed by atoms with van der Waals surface area (Å²) in [4.78, 5) is 0. The van der Waals surface area contributed by atoms with Crippen molar-refractivity contribution in [2.75, 3.05) is 5.75 Å². The van der Waals surface area contributed by atoms with E-state index < -0.39 is 17.4 Å². The topological polar surface area (TPSA) is 26.3 Å². The van der Waals surface area contributed by atoms with Gasteiger partial charge in [0, 0.05) is 22.3 Å². The zero-order valence-electron chi connectivity index (χ0n) is 11.4. The van der Waals surface area contributed by atoms with E-state index in [0.29, 0.717) is 11.5 Å². The summed E-state index contributed by atoms with van der Waals surface area (Å²) in [6.45, 7) is -2.82. The monoisotopic (exact) mass is 310 g/mol. The van der Waals surface area contributed by atoms with Crippen molar-refractivity contribution in [3.05, 3.63) is 65.7 Å². The molecule has 0 heterocycles. The van der Waals surface area contributed by atoms with Gasteiger partial charge in [0.15, 0.2) is 0 Å². The molecule has 2 aromatic carbocycles. The fourth-order valence-electron chi connectivity index (χ4n) is 1.90. The fraction of sp³-hybridized carbons (Fsp3) is 0.250. The zero-order valence-corrected chi connectivity index (χ0v) is 12.2. The Balaban J connectivity index is 1.82. The first kappa shape index (κ1) is 15.6. The van der Waals surface area contributed by atoms with Crippen LogP contribution in [0, 0.1) is 0 Å². The smallest absolute Gasteiger partial charge is 0.387 e. The van der Waals surface area contributed by atoms with E-state index in [9.17, 15) is 13.0 Å². The van der Waals surface area contributed by atoms with Gasteiger partial charge in [-0.15, -0.1) is 0 Å². The van der Waals surface area contributed by atoms with Crippen LogP contribution in [0.25, 0.3) is 0 Å². The molecule has 2 rings (SSSR count). The van der Waals surface area contributed by atoms with Crippen molar-refractivity contribution in [3.63, 3.8) is 0 Å². The molecule has 0 spiro atoms. The van der Waals surface area contributed by atoms with E-state index in [1.165, 1.54) is 12.1 Å². The van der Waals surface area contributed by atoms with E-state index in [4.69, 9.17) is 0 Å². The summed E-state index contributed by atoms with van der Waals surface area (Å²) in [5.41, 5.74) is 2.01. The van der Waals surface area contributed by atoms with Gasteiger partial charge in [0.2, 0.25) is 0 Å². The third kappa shape index (κ3) is 5.63. The van der Waals surface area contributed by atoms with E-state index in [1.807, 2.05) is 30.3 Å². The molecule has 2 aromatic rings. The number of hydrogen-bond acceptors (Lipinski definition) is 2. The third-order valence-electron chi connectivity index (χ3n) is 2.94. The minimum Gasteiger partial charge on any atom is -0.435 e. The number of rotatable bonds is 7. The molecule has 1 atom stereocenters. The number of ether oxygens (including phenoxy) is 1. The van der Waals surface area contributed by atoms with Crippen LogP contribution >= 0.6 is 0 Å². The van der Waals surface area contributed by atoms with Crippen LogP contribution in [0.5, 0.6) is 5.75 Å². The van der Waals surface area contributed by atoms with E-state index in [0.717, 1.165) is 17.5 Å². The summed E-state index contributed by atoms with van der Waals surface area (Å²) in [5, 5.41) is 0. The first-order valence-corrected chi connectivity index (χ1v) is 8.05. The third-order valence-corrected chi connectivity index (χ3v) is 4.25. The van der Waals surface area contributed by atoms with Crippen molar-refractivity contribution < 1.29 is 17.7 Å². The largest absolute Gasteiger partial charge is 0.435 e. The second kappa shape index (κ2) is 7.88. The minimum absolute atomic E-state index is 0.115. The molecule has 0 amide bonds. The maximum Gasteiger partial charge on any atom is 0.387 e. The molecule has 0 aliphatic carbocycles. The van der Waals surface area contributed by atoms with Gasteiger partial charge >= 0.3 is 6.61 Å². The van der Waals surface area contributed by atoms with Crippen LogP contribution in [0.3, 0.4) is 0 Å². The Bertz CT molecular complexity index is 571. The summed E-state index contributed by atoms with van der Waals surface area (Å²) < 4.78 is 40.3. The molecule has 0 saturated heterocycles. The number of halogens is 2. The van der Waals surface area contributed by atoms with E-state index >= 15 is 0 Å². The van der Waals surface area contributed by atoms with Crippen LogP contribution in [-0.4, -0.2) is 16.6 Å². The van der Waals surface area contributed by atoms with Gasteiger partial charge < -0.3 is 4.74 Å². The van der Waals surface area contributed by atoms with E-state index in [1.54, 1.807) is 12.1 Å². The lowest BCUT2D eigenvalue weighted by atomic mass is 10.2. The van der Waals surface area contributed by atoms with Crippen molar-refractivity contribution in [1.29, 1.82) is 0 Å². The molecular weight excluding hydrogens is 294 g/mol. The Morgan fingerprint density at radius 3 is 2.24 bits per heavy atom. The van der Waals surface area contributed by atoms with Gasteiger partial charge in [-0.3, -0.25) is 4.21 Å². The molecule has 0 fully saturated rings. The molecule has 0 radical (unpaired) electrons. The van der Waals surface area contributed by atoms with Crippen LogP contribution in [0.2, 0.25) is 0 Å². The van der Waals surface area contributed by atoms with E-state index in [-0.39, 0.29) is 5.75 Å². The molecule has 0 saturated carbocycles. The highest BCUT2D eigenvalue weighted by Crippen LogP contribution is 2.16. The lowest BCUT2D eigenvalue weighted by Crippen LogP contribution is -2.04. The van der Waals surface area contributed by atoms with Crippen LogP contribution in [0.4, 0.5) is 8.78 Å². The maximum atomic E-state index is 12.0. The summed E-state index contributed by atoms with van der Waals surface area (Å²) in [6, 6.07) is 16.1. The van der Waals surface area contributed by atoms with Crippen LogP contribution in [-0.2, 0) is 23.0 Å². The predicted octanol–water partition coefficient (Wildman–Crippen LogP) is 3.78. The quantitative estimate of drug-likeness (QED) is 0.778. The summed E-state index contributed by atoms with van der Waals surface area (Å²) in [5.74, 6) is 1.12. The van der Waals surface area contributed by atoms with Crippen molar-refractivity contribution in [2.45, 2.75) is 18.8 Å². The standard InChI is InChI=1S/C16H16F2O2S/c17-16(18)20-15-8-6-14(7-9-15)12-21(19)11-10-13-4-2-1-3-5-13/h1-9,16H,10-12H2/t21-/m1/s1. The first-order valence-electron chi connectivity index (χ1n) is 6.56. The Labute approximate surface area is 125 Å². The highest BCUT2D eigenvalue weighted by molar-refractivity contribution is 7.84. The van der Waals surface area contributed by atoms with Gasteiger partial charge in [0.1, 0.15) is 5.75 Å². The Morgan fingerprint density at radius 2 is 1.62 bits per heavy atom. The maximum absolute atomic E-state index is 12.0. The zero-order chi connectivity index (χ0) is 15.1. The lowest BCUT2D eigenvalue weighted by Gasteiger charge is -2.06. The second-order valence-electron chi connectivity index (χ2n) is 4.55. The highest BCUT2D eigenvalue weighted by Gasteiger charge is 2.06. The Kier molecular flexibility index (Phi) is 5.87. The number of aryl methyl sites for hydroxylation is 1. The molecule has 0 unspecified atom stereocenters. The fourth-order valence-corrected chi connectivity index (χ4v) is 3.07. The molecule has 112 valence electrons. The van der Waals surface area contributed by atoms with Crippen molar-refractivity contribution in [2.24, 2.45) is 0 Å². The van der Waals surface area contributed by atoms with E-state index in [2.05, 4.69) is 4.74 Å². The summed E-state index contributed by atoms with van der Waals surface area (Å²) >= 11 is 0. The van der Waals surface area contributed by atoms with Gasteiger partial charge in [-0.05, 0) is 29.7 Å². The highest BCUT2D eigenvalue weighted by atomic mass is 32.2. The van der Waals surface area contributed by atoms with Gasteiger partial charge in [0.25, 0.3) is 0 Å². The van der Waals surface area contributed by atoms with Gasteiger partial charge in [-0.1, -0.05) is 42.5 Å². The van der Waals surface area contributed by atoms with Gasteiger partial charge in [-0.25, -0.2) is 0 Å². The molecule has 0 N–H and O–H groups in total. The van der Waals surface area contributed by atoms with Crippen LogP contribution in [0.1, 0.15) is 11.1 Å².